The average molecular weight is 327 g/mol. The predicted octanol–water partition coefficient (Wildman–Crippen LogP) is 2.79. The Morgan fingerprint density at radius 3 is 2.50 bits per heavy atom. The Labute approximate surface area is 114 Å². The van der Waals surface area contributed by atoms with Crippen molar-refractivity contribution < 1.29 is 8.42 Å². The number of benzene rings is 1. The van der Waals surface area contributed by atoms with Crippen molar-refractivity contribution in [3.8, 4) is 0 Å². The van der Waals surface area contributed by atoms with E-state index < -0.39 is 10.0 Å². The van der Waals surface area contributed by atoms with Gasteiger partial charge >= 0.3 is 0 Å². The summed E-state index contributed by atoms with van der Waals surface area (Å²) < 4.78 is 27.2. The molecule has 1 heterocycles. The van der Waals surface area contributed by atoms with Crippen LogP contribution in [0.3, 0.4) is 0 Å². The zero-order chi connectivity index (χ0) is 13.0. The molecule has 94 valence electrons. The molecule has 0 fully saturated rings. The fourth-order valence-electron chi connectivity index (χ4n) is 1.44. The van der Waals surface area contributed by atoms with Crippen molar-refractivity contribution in [1.29, 1.82) is 0 Å². The quantitative estimate of drug-likeness (QED) is 0.939. The Morgan fingerprint density at radius 2 is 1.89 bits per heavy atom. The van der Waals surface area contributed by atoms with E-state index in [1.165, 1.54) is 6.20 Å². The van der Waals surface area contributed by atoms with E-state index in [1.54, 1.807) is 30.5 Å². The fourth-order valence-corrected chi connectivity index (χ4v) is 2.89. The smallest absolute Gasteiger partial charge is 0.236 e. The van der Waals surface area contributed by atoms with Crippen LogP contribution in [0.4, 0.5) is 5.69 Å². The maximum atomic E-state index is 11.9. The van der Waals surface area contributed by atoms with Crippen LogP contribution in [0.1, 0.15) is 5.56 Å². The van der Waals surface area contributed by atoms with Gasteiger partial charge in [0, 0.05) is 10.7 Å². The van der Waals surface area contributed by atoms with E-state index in [-0.39, 0.29) is 5.75 Å². The molecule has 0 aliphatic heterocycles. The normalized spacial score (nSPS) is 11.2. The van der Waals surface area contributed by atoms with Crippen LogP contribution in [0, 0.1) is 0 Å². The molecule has 0 aliphatic rings. The second-order valence-corrected chi connectivity index (χ2v) is 6.37. The molecule has 2 aromatic rings. The predicted molar refractivity (Wildman–Crippen MR) is 74.6 cm³/mol. The topological polar surface area (TPSA) is 59.1 Å². The first-order chi connectivity index (χ1) is 8.55. The van der Waals surface area contributed by atoms with Crippen molar-refractivity contribution in [1.82, 2.24) is 4.98 Å². The lowest BCUT2D eigenvalue weighted by atomic mass is 10.2. The van der Waals surface area contributed by atoms with Crippen molar-refractivity contribution >= 4 is 31.6 Å². The molecule has 1 aromatic carbocycles. The standard InChI is InChI=1S/C12H11BrN2O2S/c13-11-5-3-10(4-6-11)9-18(16,17)15-12-2-1-7-14-8-12/h1-8,15H,9H2. The van der Waals surface area contributed by atoms with Gasteiger partial charge in [0.15, 0.2) is 0 Å². The minimum absolute atomic E-state index is 0.0603. The maximum absolute atomic E-state index is 11.9. The summed E-state index contributed by atoms with van der Waals surface area (Å²) in [6, 6.07) is 10.5. The number of anilines is 1. The molecular formula is C12H11BrN2O2S. The Bertz CT molecular complexity index is 612. The fraction of sp³-hybridized carbons (Fsp3) is 0.0833. The molecule has 1 N–H and O–H groups in total. The number of hydrogen-bond acceptors (Lipinski definition) is 3. The van der Waals surface area contributed by atoms with Gasteiger partial charge in [0.2, 0.25) is 10.0 Å². The molecule has 0 saturated heterocycles. The highest BCUT2D eigenvalue weighted by Crippen LogP contribution is 2.14. The van der Waals surface area contributed by atoms with Crippen LogP contribution in [-0.2, 0) is 15.8 Å². The van der Waals surface area contributed by atoms with Crippen LogP contribution >= 0.6 is 15.9 Å². The zero-order valence-corrected chi connectivity index (χ0v) is 11.8. The van der Waals surface area contributed by atoms with Crippen molar-refractivity contribution in [2.75, 3.05) is 4.72 Å². The number of nitrogens with zero attached hydrogens (tertiary/aromatic N) is 1. The summed E-state index contributed by atoms with van der Waals surface area (Å²) in [4.78, 5) is 3.85. The average Bonchev–Trinajstić information content (AvgIpc) is 2.32. The Balaban J connectivity index is 2.10. The molecule has 4 nitrogen and oxygen atoms in total. The van der Waals surface area contributed by atoms with Crippen molar-refractivity contribution in [2.45, 2.75) is 5.75 Å². The summed E-state index contributed by atoms with van der Waals surface area (Å²) in [6.07, 6.45) is 3.06. The van der Waals surface area contributed by atoms with Crippen LogP contribution in [0.25, 0.3) is 0 Å². The Morgan fingerprint density at radius 1 is 1.17 bits per heavy atom. The second-order valence-electron chi connectivity index (χ2n) is 3.73. The third-order valence-electron chi connectivity index (χ3n) is 2.20. The van der Waals surface area contributed by atoms with Gasteiger partial charge in [-0.05, 0) is 29.8 Å². The van der Waals surface area contributed by atoms with Crippen LogP contribution in [-0.4, -0.2) is 13.4 Å². The van der Waals surface area contributed by atoms with E-state index in [9.17, 15) is 8.42 Å². The lowest BCUT2D eigenvalue weighted by Crippen LogP contribution is -2.15. The van der Waals surface area contributed by atoms with E-state index >= 15 is 0 Å². The zero-order valence-electron chi connectivity index (χ0n) is 9.38. The highest BCUT2D eigenvalue weighted by Gasteiger charge is 2.11. The molecule has 0 aliphatic carbocycles. The van der Waals surface area contributed by atoms with Gasteiger partial charge in [-0.2, -0.15) is 0 Å². The first-order valence-electron chi connectivity index (χ1n) is 5.20. The summed E-state index contributed by atoms with van der Waals surface area (Å²) >= 11 is 3.31. The molecular weight excluding hydrogens is 316 g/mol. The van der Waals surface area contributed by atoms with Gasteiger partial charge in [-0.1, -0.05) is 28.1 Å². The summed E-state index contributed by atoms with van der Waals surface area (Å²) in [6.45, 7) is 0. The molecule has 0 bridgehead atoms. The number of halogens is 1. The van der Waals surface area contributed by atoms with E-state index in [0.29, 0.717) is 5.69 Å². The molecule has 18 heavy (non-hydrogen) atoms. The first-order valence-corrected chi connectivity index (χ1v) is 7.65. The number of rotatable bonds is 4. The summed E-state index contributed by atoms with van der Waals surface area (Å²) in [5.74, 6) is -0.0603. The van der Waals surface area contributed by atoms with Gasteiger partial charge in [-0.3, -0.25) is 9.71 Å². The summed E-state index contributed by atoms with van der Waals surface area (Å²) in [5.41, 5.74) is 1.20. The monoisotopic (exact) mass is 326 g/mol. The highest BCUT2D eigenvalue weighted by molar-refractivity contribution is 9.10. The number of aromatic nitrogens is 1. The number of hydrogen-bond donors (Lipinski definition) is 1. The van der Waals surface area contributed by atoms with Gasteiger partial charge in [0.25, 0.3) is 0 Å². The van der Waals surface area contributed by atoms with Crippen LogP contribution < -0.4 is 4.72 Å². The highest BCUT2D eigenvalue weighted by atomic mass is 79.9. The van der Waals surface area contributed by atoms with Crippen LogP contribution in [0.15, 0.2) is 53.3 Å². The third kappa shape index (κ3) is 3.82. The van der Waals surface area contributed by atoms with Crippen LogP contribution in [0.5, 0.6) is 0 Å². The Kier molecular flexibility index (Phi) is 3.98. The van der Waals surface area contributed by atoms with Gasteiger partial charge in [0.05, 0.1) is 17.6 Å². The lowest BCUT2D eigenvalue weighted by molar-refractivity contribution is 0.600. The Hall–Kier alpha value is -1.40. The molecule has 0 atom stereocenters. The van der Waals surface area contributed by atoms with Gasteiger partial charge in [0.1, 0.15) is 0 Å². The van der Waals surface area contributed by atoms with Gasteiger partial charge in [-0.25, -0.2) is 8.42 Å². The molecule has 6 heteroatoms. The van der Waals surface area contributed by atoms with E-state index in [0.717, 1.165) is 10.0 Å². The minimum Gasteiger partial charge on any atom is -0.282 e. The molecule has 1 aromatic heterocycles. The lowest BCUT2D eigenvalue weighted by Gasteiger charge is -2.07. The summed E-state index contributed by atoms with van der Waals surface area (Å²) in [5, 5.41) is 0. The molecule has 0 radical (unpaired) electrons. The van der Waals surface area contributed by atoms with Crippen molar-refractivity contribution in [2.24, 2.45) is 0 Å². The van der Waals surface area contributed by atoms with E-state index in [1.807, 2.05) is 12.1 Å². The van der Waals surface area contributed by atoms with Gasteiger partial charge < -0.3 is 0 Å². The largest absolute Gasteiger partial charge is 0.282 e. The molecule has 0 unspecified atom stereocenters. The first kappa shape index (κ1) is 13.0. The minimum atomic E-state index is -3.41. The maximum Gasteiger partial charge on any atom is 0.236 e. The van der Waals surface area contributed by atoms with Gasteiger partial charge in [-0.15, -0.1) is 0 Å². The molecule has 0 amide bonds. The third-order valence-corrected chi connectivity index (χ3v) is 3.99. The van der Waals surface area contributed by atoms with Crippen molar-refractivity contribution in [3.63, 3.8) is 0 Å². The number of sulfonamides is 1. The second kappa shape index (κ2) is 5.49. The summed E-state index contributed by atoms with van der Waals surface area (Å²) in [7, 11) is -3.41. The van der Waals surface area contributed by atoms with Crippen molar-refractivity contribution in [3.05, 3.63) is 58.8 Å². The van der Waals surface area contributed by atoms with E-state index in [4.69, 9.17) is 0 Å². The SMILES string of the molecule is O=S(=O)(Cc1ccc(Br)cc1)Nc1cccnc1. The molecule has 0 saturated carbocycles. The van der Waals surface area contributed by atoms with Crippen LogP contribution in [0.2, 0.25) is 0 Å². The number of nitrogens with one attached hydrogen (secondary N) is 1. The molecule has 2 rings (SSSR count). The number of pyridine rings is 1. The molecule has 0 spiro atoms. The van der Waals surface area contributed by atoms with E-state index in [2.05, 4.69) is 25.6 Å².